The Morgan fingerprint density at radius 2 is 1.00 bits per heavy atom. The highest BCUT2D eigenvalue weighted by Crippen LogP contribution is 2.36. The van der Waals surface area contributed by atoms with Crippen LogP contribution < -0.4 is 9.47 Å². The maximum absolute atomic E-state index is 12.4. The Bertz CT molecular complexity index is 1860. The summed E-state index contributed by atoms with van der Waals surface area (Å²) in [6.45, 7) is 27.6. The average Bonchev–Trinajstić information content (AvgIpc) is 4.07. The monoisotopic (exact) mass is 812 g/mol. The standard InChI is InChI=1S/C19H17NO4.C18H15NO4.6C2H6/c1-2-22-19(21)18(14-8-4-3-5-9-14)23-16-11-7-6-10-15(16)17-12-13-20-24-17;1-18(17(20)21,13-7-3-2-4-8-13)22-15-10-6-5-9-14(15)16-11-12-19-23-16;6*1-2/h3-13,18H,2H2,1H3;2-12H,1H3,(H,20,21);6*1-2H3. The van der Waals surface area contributed by atoms with Gasteiger partial charge in [0.2, 0.25) is 11.7 Å². The van der Waals surface area contributed by atoms with E-state index in [0.717, 1.165) is 11.1 Å². The zero-order valence-corrected chi connectivity index (χ0v) is 37.7. The third-order valence-corrected chi connectivity index (χ3v) is 7.08. The van der Waals surface area contributed by atoms with E-state index in [2.05, 4.69) is 10.3 Å². The van der Waals surface area contributed by atoms with E-state index in [9.17, 15) is 14.7 Å². The molecule has 2 atom stereocenters. The lowest BCUT2D eigenvalue weighted by Gasteiger charge is -2.27. The van der Waals surface area contributed by atoms with Crippen molar-refractivity contribution in [3.05, 3.63) is 145 Å². The largest absolute Gasteiger partial charge is 0.478 e. The molecule has 0 fully saturated rings. The molecule has 6 aromatic rings. The smallest absolute Gasteiger partial charge is 0.352 e. The molecule has 0 saturated carbocycles. The van der Waals surface area contributed by atoms with E-state index < -0.39 is 23.6 Å². The SMILES string of the molecule is CC.CC.CC.CC.CC.CC.CC(Oc1ccccc1-c1ccno1)(C(=O)O)c1ccccc1.CCOC(=O)C(Oc1ccccc1-c1ccno1)c1ccccc1. The van der Waals surface area contributed by atoms with Crippen LogP contribution in [0, 0.1) is 0 Å². The number of carbonyl (C=O) groups excluding carboxylic acids is 1. The molecule has 2 heterocycles. The molecule has 10 nitrogen and oxygen atoms in total. The van der Waals surface area contributed by atoms with E-state index in [1.165, 1.54) is 13.1 Å². The molecule has 0 aliphatic carbocycles. The second-order valence-electron chi connectivity index (χ2n) is 10.2. The number of carboxylic acids is 1. The van der Waals surface area contributed by atoms with Gasteiger partial charge in [0.05, 0.1) is 30.1 Å². The molecular formula is C49H68N2O8. The fourth-order valence-electron chi connectivity index (χ4n) is 4.67. The molecule has 0 aliphatic heterocycles. The number of carbonyl (C=O) groups is 2. The molecule has 1 N–H and O–H groups in total. The van der Waals surface area contributed by atoms with Crippen LogP contribution in [0.4, 0.5) is 0 Å². The number of rotatable bonds is 11. The molecule has 0 bridgehead atoms. The molecule has 6 rings (SSSR count). The van der Waals surface area contributed by atoms with Gasteiger partial charge in [0.15, 0.2) is 11.5 Å². The normalized spacial score (nSPS) is 10.5. The molecule has 0 spiro atoms. The lowest BCUT2D eigenvalue weighted by molar-refractivity contribution is -0.154. The maximum atomic E-state index is 12.4. The van der Waals surface area contributed by atoms with Gasteiger partial charge in [0.1, 0.15) is 11.5 Å². The van der Waals surface area contributed by atoms with Crippen LogP contribution >= 0.6 is 0 Å². The molecule has 0 amide bonds. The Hall–Kier alpha value is -6.16. The molecule has 4 aromatic carbocycles. The third kappa shape index (κ3) is 17.5. The first-order chi connectivity index (χ1) is 28.9. The number of carboxylic acid groups (broad SMARTS) is 1. The topological polar surface area (TPSA) is 134 Å². The summed E-state index contributed by atoms with van der Waals surface area (Å²) in [5.74, 6) is 0.518. The van der Waals surface area contributed by atoms with Gasteiger partial charge in [-0.25, -0.2) is 9.59 Å². The number of nitrogens with zero attached hydrogens (tertiary/aromatic N) is 2. The van der Waals surface area contributed by atoms with Crippen molar-refractivity contribution < 1.29 is 38.0 Å². The lowest BCUT2D eigenvalue weighted by Crippen LogP contribution is -2.38. The van der Waals surface area contributed by atoms with Crippen molar-refractivity contribution >= 4 is 11.9 Å². The molecule has 0 radical (unpaired) electrons. The number of hydrogen-bond acceptors (Lipinski definition) is 9. The van der Waals surface area contributed by atoms with E-state index in [0.29, 0.717) is 34.1 Å². The van der Waals surface area contributed by atoms with Crippen LogP contribution in [-0.2, 0) is 19.9 Å². The highest BCUT2D eigenvalue weighted by atomic mass is 16.6. The summed E-state index contributed by atoms with van der Waals surface area (Å²) in [4.78, 5) is 24.2. The summed E-state index contributed by atoms with van der Waals surface area (Å²) >= 11 is 0. The Morgan fingerprint density at radius 3 is 1.42 bits per heavy atom. The predicted molar refractivity (Wildman–Crippen MR) is 240 cm³/mol. The number of aromatic nitrogens is 2. The first-order valence-corrected chi connectivity index (χ1v) is 20.8. The number of para-hydroxylation sites is 2. The van der Waals surface area contributed by atoms with E-state index in [1.54, 1.807) is 73.8 Å². The first-order valence-electron chi connectivity index (χ1n) is 20.8. The Labute approximate surface area is 353 Å². The van der Waals surface area contributed by atoms with Crippen LogP contribution in [0.5, 0.6) is 11.5 Å². The molecule has 10 heteroatoms. The molecule has 2 unspecified atom stereocenters. The second-order valence-corrected chi connectivity index (χ2v) is 10.2. The van der Waals surface area contributed by atoms with E-state index in [-0.39, 0.29) is 6.61 Å². The van der Waals surface area contributed by atoms with Crippen LogP contribution in [0.1, 0.15) is 114 Å². The summed E-state index contributed by atoms with van der Waals surface area (Å²) < 4.78 is 27.5. The van der Waals surface area contributed by atoms with Gasteiger partial charge in [-0.2, -0.15) is 0 Å². The highest BCUT2D eigenvalue weighted by Gasteiger charge is 2.38. The number of aliphatic carboxylic acids is 1. The molecule has 2 aromatic heterocycles. The highest BCUT2D eigenvalue weighted by molar-refractivity contribution is 5.80. The fourth-order valence-corrected chi connectivity index (χ4v) is 4.67. The number of benzene rings is 4. The summed E-state index contributed by atoms with van der Waals surface area (Å²) in [5, 5.41) is 17.1. The number of hydrogen-bond donors (Lipinski definition) is 1. The van der Waals surface area contributed by atoms with Gasteiger partial charge < -0.3 is 28.4 Å². The summed E-state index contributed by atoms with van der Waals surface area (Å²) in [7, 11) is 0. The third-order valence-electron chi connectivity index (χ3n) is 7.08. The van der Waals surface area contributed by atoms with E-state index in [4.69, 9.17) is 23.3 Å². The van der Waals surface area contributed by atoms with Crippen molar-refractivity contribution in [2.75, 3.05) is 6.61 Å². The van der Waals surface area contributed by atoms with Gasteiger partial charge in [0, 0.05) is 23.3 Å². The van der Waals surface area contributed by atoms with Gasteiger partial charge in [-0.05, 0) is 38.1 Å². The van der Waals surface area contributed by atoms with Crippen molar-refractivity contribution in [3.8, 4) is 34.1 Å². The molecular weight excluding hydrogens is 745 g/mol. The van der Waals surface area contributed by atoms with Crippen LogP contribution in [0.3, 0.4) is 0 Å². The summed E-state index contributed by atoms with van der Waals surface area (Å²) in [6.07, 6.45) is 2.24. The Morgan fingerprint density at radius 1 is 0.593 bits per heavy atom. The Kier molecular flexibility index (Phi) is 31.6. The lowest BCUT2D eigenvalue weighted by atomic mass is 9.95. The predicted octanol–water partition coefficient (Wildman–Crippen LogP) is 13.9. The number of ether oxygens (including phenoxy) is 3. The van der Waals surface area contributed by atoms with Gasteiger partial charge >= 0.3 is 11.9 Å². The van der Waals surface area contributed by atoms with Gasteiger partial charge in [0.25, 0.3) is 0 Å². The van der Waals surface area contributed by atoms with Gasteiger partial charge in [-0.15, -0.1) is 0 Å². The zero-order valence-electron chi connectivity index (χ0n) is 37.7. The minimum absolute atomic E-state index is 0.287. The average molecular weight is 813 g/mol. The minimum Gasteiger partial charge on any atom is -0.478 e. The molecule has 0 saturated heterocycles. The fraction of sp³-hybridized carbons (Fsp3) is 0.347. The Balaban J connectivity index is 0. The van der Waals surface area contributed by atoms with Gasteiger partial charge in [-0.1, -0.05) is 178 Å². The van der Waals surface area contributed by atoms with Crippen molar-refractivity contribution in [3.63, 3.8) is 0 Å². The van der Waals surface area contributed by atoms with Crippen molar-refractivity contribution in [2.24, 2.45) is 0 Å². The summed E-state index contributed by atoms with van der Waals surface area (Å²) in [5.41, 5.74) is 1.13. The molecule has 0 aliphatic rings. The van der Waals surface area contributed by atoms with Gasteiger partial charge in [-0.3, -0.25) is 0 Å². The first kappa shape index (κ1) is 54.9. The maximum Gasteiger partial charge on any atom is 0.352 e. The van der Waals surface area contributed by atoms with Crippen molar-refractivity contribution in [1.29, 1.82) is 0 Å². The summed E-state index contributed by atoms with van der Waals surface area (Å²) in [6, 6.07) is 36.0. The quantitative estimate of drug-likeness (QED) is 0.126. The van der Waals surface area contributed by atoms with E-state index in [1.807, 2.05) is 144 Å². The zero-order chi connectivity index (χ0) is 45.1. The van der Waals surface area contributed by atoms with Crippen LogP contribution in [-0.4, -0.2) is 34.0 Å². The van der Waals surface area contributed by atoms with Crippen molar-refractivity contribution in [1.82, 2.24) is 10.3 Å². The van der Waals surface area contributed by atoms with E-state index >= 15 is 0 Å². The van der Waals surface area contributed by atoms with Crippen LogP contribution in [0.15, 0.2) is 143 Å². The van der Waals surface area contributed by atoms with Crippen LogP contribution in [0.25, 0.3) is 22.6 Å². The molecule has 322 valence electrons. The van der Waals surface area contributed by atoms with Crippen molar-refractivity contribution in [2.45, 2.75) is 109 Å². The molecule has 59 heavy (non-hydrogen) atoms. The second kappa shape index (κ2) is 33.9. The van der Waals surface area contributed by atoms with Crippen LogP contribution in [0.2, 0.25) is 0 Å². The number of esters is 1. The minimum atomic E-state index is -1.52.